The van der Waals surface area contributed by atoms with E-state index in [1.54, 1.807) is 6.08 Å². The first-order valence-electron chi connectivity index (χ1n) is 28.9. The van der Waals surface area contributed by atoms with E-state index in [1.807, 2.05) is 158 Å². The van der Waals surface area contributed by atoms with Crippen LogP contribution in [-0.2, 0) is 19.2 Å². The number of aldehydes is 1. The van der Waals surface area contributed by atoms with Crippen molar-refractivity contribution in [3.05, 3.63) is 318 Å². The number of hydrogen-bond donors (Lipinski definition) is 5. The number of hydrogen-bond acceptors (Lipinski definition) is 11. The van der Waals surface area contributed by atoms with E-state index in [1.165, 1.54) is 22.9 Å². The van der Waals surface area contributed by atoms with Gasteiger partial charge in [-0.05, 0) is 36.5 Å². The molecule has 0 saturated carbocycles. The molecule has 0 atom stereocenters. The number of carbonyl (C=O) groups excluding carboxylic acids is 5. The first-order valence-corrected chi connectivity index (χ1v) is 38.0. The predicted octanol–water partition coefficient (Wildman–Crippen LogP) is 15.7. The molecule has 13 nitrogen and oxygen atoms in total. The Bertz CT molecular complexity index is 4150. The molecule has 0 bridgehead atoms. The molecule has 2 aliphatic heterocycles. The van der Waals surface area contributed by atoms with Crippen LogP contribution in [0.4, 0.5) is 59.2 Å². The van der Waals surface area contributed by atoms with E-state index < -0.39 is 11.8 Å². The van der Waals surface area contributed by atoms with Crippen molar-refractivity contribution >= 4 is 210 Å². The van der Waals surface area contributed by atoms with Gasteiger partial charge in [-0.3, -0.25) is 9.59 Å². The predicted molar refractivity (Wildman–Crippen MR) is 409 cm³/mol. The van der Waals surface area contributed by atoms with E-state index in [4.69, 9.17) is 12.2 Å². The molecule has 2 fully saturated rings. The molecule has 12 aromatic rings. The molecule has 20 heteroatoms. The molecule has 0 unspecified atom stereocenters. The van der Waals surface area contributed by atoms with Crippen LogP contribution >= 0.6 is 47.0 Å². The number of para-hydroxylation sites is 8. The average molecular weight is 1660 g/mol. The smallest absolute Gasteiger partial charge is 0.0384 e. The number of thiocarbonyl (C=S) groups is 2. The van der Waals surface area contributed by atoms with E-state index in [0.29, 0.717) is 29.0 Å². The second kappa shape index (κ2) is 38.5. The van der Waals surface area contributed by atoms with Crippen LogP contribution in [0, 0.1) is 2.44 Å². The van der Waals surface area contributed by atoms with E-state index in [2.05, 4.69) is 219 Å². The molecule has 2 saturated heterocycles. The van der Waals surface area contributed by atoms with Gasteiger partial charge in [-0.1, -0.05) is 43.8 Å². The van der Waals surface area contributed by atoms with Gasteiger partial charge in [-0.15, -0.1) is 0 Å². The average Bonchev–Trinajstić information content (AvgIpc) is 1.82. The van der Waals surface area contributed by atoms with Crippen molar-refractivity contribution in [1.82, 2.24) is 21.3 Å². The third-order valence-corrected chi connectivity index (χ3v) is 22.5. The summed E-state index contributed by atoms with van der Waals surface area (Å²) in [5.41, 5.74) is 9.11. The molecule has 4 aromatic heterocycles. The molecule has 4 amide bonds. The van der Waals surface area contributed by atoms with E-state index in [0.717, 1.165) is 53.8 Å². The van der Waals surface area contributed by atoms with Crippen molar-refractivity contribution in [2.75, 3.05) is 20.0 Å². The summed E-state index contributed by atoms with van der Waals surface area (Å²) < 4.78 is 6.98. The van der Waals surface area contributed by atoms with Crippen LogP contribution in [0.15, 0.2) is 307 Å². The Balaban J connectivity index is 0.000000154. The minimum Gasteiger partial charge on any atom is -0.356 e. The topological polar surface area (TPSA) is 155 Å². The third-order valence-electron chi connectivity index (χ3n) is 13.0. The maximum absolute atomic E-state index is 12.1. The number of benzene rings is 8. The normalized spacial score (nSPS) is 11.8. The molecule has 476 valence electrons. The number of amides is 4. The van der Waals surface area contributed by atoms with Crippen molar-refractivity contribution in [1.29, 1.82) is 0 Å². The molecule has 8 aromatic carbocycles. The van der Waals surface area contributed by atoms with Crippen LogP contribution in [-0.4, -0.2) is 98.2 Å². The Morgan fingerprint density at radius 1 is 0.379 bits per heavy atom. The van der Waals surface area contributed by atoms with Crippen LogP contribution in [0.3, 0.4) is 0 Å². The van der Waals surface area contributed by atoms with Crippen LogP contribution in [0.25, 0.3) is 6.08 Å². The first-order chi connectivity index (χ1) is 46.0. The summed E-state index contributed by atoms with van der Waals surface area (Å²) in [5, 5.41) is 12.9. The fraction of sp³-hybridized carbons (Fsp3) is 0.0267. The van der Waals surface area contributed by atoms with Gasteiger partial charge in [0, 0.05) is 11.4 Å². The van der Waals surface area contributed by atoms with Gasteiger partial charge in [0.1, 0.15) is 6.42 Å². The first kappa shape index (κ1) is 72.0. The van der Waals surface area contributed by atoms with Crippen molar-refractivity contribution < 1.29 is 24.0 Å². The summed E-state index contributed by atoms with van der Waals surface area (Å²) in [6.45, 7) is 0. The minimum absolute atomic E-state index is 0. The molecule has 0 aliphatic carbocycles. The summed E-state index contributed by atoms with van der Waals surface area (Å²) in [5.74, 6) is -1.63. The van der Waals surface area contributed by atoms with Gasteiger partial charge in [-0.2, -0.15) is 0 Å². The van der Waals surface area contributed by atoms with Crippen LogP contribution < -0.4 is 41.3 Å². The monoisotopic (exact) mass is 1670 g/mol. The number of anilines is 11. The number of nitrogens with zero attached hydrogens (tertiary/aromatic N) is 3. The largest absolute Gasteiger partial charge is 0.356 e. The fourth-order valence-electron chi connectivity index (χ4n) is 8.87. The zero-order valence-electron chi connectivity index (χ0n) is 49.9. The summed E-state index contributed by atoms with van der Waals surface area (Å²) in [6.07, 6.45) is 2.47. The Labute approximate surface area is 601 Å². The quantitative estimate of drug-likeness (QED) is 0.0142. The van der Waals surface area contributed by atoms with Gasteiger partial charge < -0.3 is 16.0 Å². The van der Waals surface area contributed by atoms with E-state index in [-0.39, 0.29) is 70.5 Å². The summed E-state index contributed by atoms with van der Waals surface area (Å²) in [6, 6.07) is 98.6. The molecule has 6 heterocycles. The van der Waals surface area contributed by atoms with E-state index >= 15 is 0 Å². The van der Waals surface area contributed by atoms with Crippen molar-refractivity contribution in [3.8, 4) is 0 Å². The molecule has 14 rings (SSSR count). The van der Waals surface area contributed by atoms with Crippen LogP contribution in [0.5, 0.6) is 0 Å². The standard InChI is InChI=1S/C21H15N3O2SSe.C17H13NOSe.C16H13NSe.C12H11N.C4H3ISe.C4H4N2O2S.CH4/c25-19-17(20(26)23-21(27)22-19)13-16-11-12-18(28-16)24(14-7-3-1-4-8-14)15-9-5-2-6-10-15;19-13-16-11-12-17(20-16)18(14-7-3-1-4-8-14)15-9-5-2-6-10-15;1-3-8-14(9-4-1)17(16-12-7-13-18-16)15-10-5-2-6-11-15;1-3-7-11(8-4-1)13-12-9-5-2-6-10-12;5-4-2-1-3-6-4;7-2-1-3(8)6-4(9)5-2;/h1-13H,(H2,22,23,25,26,27);1-13H;1-13H;1-10,13H;1-3H;1H2,(H2,5,6,7,8,9);1H4. The van der Waals surface area contributed by atoms with Gasteiger partial charge in [0.15, 0.2) is 5.11 Å². The third kappa shape index (κ3) is 22.7. The van der Waals surface area contributed by atoms with Gasteiger partial charge >= 0.3 is 467 Å². The zero-order chi connectivity index (χ0) is 65.7. The summed E-state index contributed by atoms with van der Waals surface area (Å²) in [7, 11) is 0. The van der Waals surface area contributed by atoms with Crippen LogP contribution in [0.1, 0.15) is 27.5 Å². The Hall–Kier alpha value is -8.84. The minimum atomic E-state index is -0.470. The van der Waals surface area contributed by atoms with Gasteiger partial charge in [0.2, 0.25) is 11.8 Å². The summed E-state index contributed by atoms with van der Waals surface area (Å²) in [4.78, 5) is 67.2. The van der Waals surface area contributed by atoms with Gasteiger partial charge in [0.25, 0.3) is 0 Å². The van der Waals surface area contributed by atoms with Gasteiger partial charge in [-0.25, -0.2) is 0 Å². The zero-order valence-corrected chi connectivity index (χ0v) is 60.6. The Kier molecular flexibility index (Phi) is 29.2. The van der Waals surface area contributed by atoms with E-state index in [9.17, 15) is 24.0 Å². The number of nitrogens with one attached hydrogen (secondary N) is 5. The maximum atomic E-state index is 12.1. The Morgan fingerprint density at radius 2 is 0.705 bits per heavy atom. The van der Waals surface area contributed by atoms with Crippen molar-refractivity contribution in [3.63, 3.8) is 0 Å². The second-order valence-electron chi connectivity index (χ2n) is 19.6. The maximum Gasteiger partial charge on any atom is 0.0384 e. The molecular weight excluding hydrogens is 1600 g/mol. The molecule has 0 spiro atoms. The molecule has 95 heavy (non-hydrogen) atoms. The molecular formula is C75H63IN8O5S2Se4. The number of carbonyl (C=O) groups is 5. The van der Waals surface area contributed by atoms with Crippen LogP contribution in [0.2, 0.25) is 0 Å². The summed E-state index contributed by atoms with van der Waals surface area (Å²) >= 11 is 12.8. The molecule has 5 N–H and O–H groups in total. The van der Waals surface area contributed by atoms with Gasteiger partial charge in [0.05, 0.1) is 0 Å². The number of rotatable bonds is 13. The fourth-order valence-corrected chi connectivity index (χ4v) is 16.7. The molecule has 2 aliphatic rings. The van der Waals surface area contributed by atoms with Crippen molar-refractivity contribution in [2.24, 2.45) is 0 Å². The Morgan fingerprint density at radius 3 is 1.01 bits per heavy atom. The molecule has 0 radical (unpaired) electrons. The second-order valence-corrected chi connectivity index (χ2v) is 31.8. The van der Waals surface area contributed by atoms with Crippen molar-refractivity contribution in [2.45, 2.75) is 13.8 Å². The number of halogens is 1. The SMILES string of the molecule is C.Ic1ccc[se]1.O=C1CC(=O)NC(=S)N1.O=C1NC(=S)NC(=O)C1=Cc1ccc(N(c2ccccc2)c2ccccc2)[se]1.O=Cc1ccc(N(c2ccccc2)c2ccccc2)[se]1.c1ccc(N(c2ccccc2)c2ccc[se]2)cc1.c1ccc(Nc2ccccc2)cc1.